The molecule has 140 valence electrons. The van der Waals surface area contributed by atoms with E-state index in [9.17, 15) is 4.79 Å². The van der Waals surface area contributed by atoms with Crippen LogP contribution in [0.2, 0.25) is 0 Å². The molecule has 27 heavy (non-hydrogen) atoms. The van der Waals surface area contributed by atoms with Crippen LogP contribution >= 0.6 is 11.3 Å². The summed E-state index contributed by atoms with van der Waals surface area (Å²) in [5.74, 6) is 0.818. The molecule has 0 fully saturated rings. The second kappa shape index (κ2) is 8.22. The van der Waals surface area contributed by atoms with E-state index in [2.05, 4.69) is 11.1 Å². The van der Waals surface area contributed by atoms with E-state index in [-0.39, 0.29) is 0 Å². The van der Waals surface area contributed by atoms with Crippen molar-refractivity contribution in [1.82, 2.24) is 4.90 Å². The Morgan fingerprint density at radius 2 is 2.04 bits per heavy atom. The number of benzene rings is 1. The minimum absolute atomic E-state index is 0.639. The van der Waals surface area contributed by atoms with E-state index >= 15 is 0 Å². The fraction of sp³-hybridized carbons (Fsp3) is 0.238. The Hall–Kier alpha value is -2.86. The fourth-order valence-corrected chi connectivity index (χ4v) is 3.91. The van der Waals surface area contributed by atoms with Gasteiger partial charge >= 0.3 is 0 Å². The lowest BCUT2D eigenvalue weighted by Crippen LogP contribution is -2.14. The maximum Gasteiger partial charge on any atom is 0.162 e. The zero-order valence-electron chi connectivity index (χ0n) is 16.0. The molecule has 0 saturated heterocycles. The number of aldehydes is 1. The van der Waals surface area contributed by atoms with Gasteiger partial charge in [-0.2, -0.15) is 0 Å². The second-order valence-corrected chi connectivity index (χ2v) is 7.45. The molecule has 2 aromatic rings. The number of hydrogen-bond donors (Lipinski definition) is 0. The van der Waals surface area contributed by atoms with Gasteiger partial charge in [-0.1, -0.05) is 12.1 Å². The van der Waals surface area contributed by atoms with Crippen LogP contribution in [0.25, 0.3) is 10.1 Å². The summed E-state index contributed by atoms with van der Waals surface area (Å²) >= 11 is 1.47. The third-order valence-corrected chi connectivity index (χ3v) is 5.45. The molecule has 0 N–H and O–H groups in total. The van der Waals surface area contributed by atoms with Crippen molar-refractivity contribution in [1.29, 1.82) is 0 Å². The number of anilines is 1. The summed E-state index contributed by atoms with van der Waals surface area (Å²) in [5, 5.41) is 1.01. The Morgan fingerprint density at radius 1 is 1.22 bits per heavy atom. The van der Waals surface area contributed by atoms with Crippen LogP contribution in [-0.2, 0) is 4.74 Å². The van der Waals surface area contributed by atoms with Gasteiger partial charge in [-0.15, -0.1) is 11.3 Å². The summed E-state index contributed by atoms with van der Waals surface area (Å²) in [5.41, 5.74) is 2.86. The molecule has 0 aliphatic heterocycles. The van der Waals surface area contributed by atoms with Crippen molar-refractivity contribution in [2.75, 3.05) is 33.2 Å². The Morgan fingerprint density at radius 3 is 2.74 bits per heavy atom. The van der Waals surface area contributed by atoms with Gasteiger partial charge in [0.05, 0.1) is 24.0 Å². The summed E-state index contributed by atoms with van der Waals surface area (Å²) in [6, 6.07) is 6.07. The van der Waals surface area contributed by atoms with Crippen molar-refractivity contribution < 1.29 is 9.53 Å². The summed E-state index contributed by atoms with van der Waals surface area (Å²) < 4.78 is 6.33. The first-order chi connectivity index (χ1) is 13.0. The van der Waals surface area contributed by atoms with Gasteiger partial charge in [0, 0.05) is 49.0 Å². The molecule has 0 unspecified atom stereocenters. The smallest absolute Gasteiger partial charge is 0.162 e. The Kier molecular flexibility index (Phi) is 5.76. The van der Waals surface area contributed by atoms with Crippen molar-refractivity contribution in [3.63, 3.8) is 0 Å². The van der Waals surface area contributed by atoms with Crippen molar-refractivity contribution in [3.8, 4) is 0 Å². The van der Waals surface area contributed by atoms with Gasteiger partial charge in [0.25, 0.3) is 0 Å². The number of rotatable bonds is 6. The third-order valence-electron chi connectivity index (χ3n) is 4.38. The quantitative estimate of drug-likeness (QED) is 0.412. The Balaban J connectivity index is 1.98. The minimum atomic E-state index is 0.639. The highest BCUT2D eigenvalue weighted by molar-refractivity contribution is 7.21. The van der Waals surface area contributed by atoms with Crippen LogP contribution in [0.1, 0.15) is 16.1 Å². The molecule has 6 heteroatoms. The van der Waals surface area contributed by atoms with Crippen LogP contribution in [0.3, 0.4) is 0 Å². The maximum absolute atomic E-state index is 11.6. The first-order valence-corrected chi connectivity index (χ1v) is 9.43. The van der Waals surface area contributed by atoms with Crippen LogP contribution in [0, 0.1) is 0 Å². The van der Waals surface area contributed by atoms with Crippen LogP contribution in [0.5, 0.6) is 0 Å². The van der Waals surface area contributed by atoms with Gasteiger partial charge < -0.3 is 14.5 Å². The number of carbonyl (C=O) groups excluding carboxylic acids is 1. The molecule has 3 rings (SSSR count). The molecule has 1 aliphatic carbocycles. The van der Waals surface area contributed by atoms with Gasteiger partial charge in [-0.05, 0) is 30.4 Å². The molecule has 0 saturated carbocycles. The third kappa shape index (κ3) is 3.95. The van der Waals surface area contributed by atoms with E-state index < -0.39 is 0 Å². The topological polar surface area (TPSA) is 45.1 Å². The van der Waals surface area contributed by atoms with Gasteiger partial charge in [0.1, 0.15) is 5.76 Å². The van der Waals surface area contributed by atoms with Crippen molar-refractivity contribution in [2.45, 2.75) is 6.42 Å². The lowest BCUT2D eigenvalue weighted by molar-refractivity contribution is 0.112. The Labute approximate surface area is 163 Å². The average Bonchev–Trinajstić information content (AvgIpc) is 2.86. The molecule has 0 spiro atoms. The van der Waals surface area contributed by atoms with E-state index in [4.69, 9.17) is 4.74 Å². The van der Waals surface area contributed by atoms with Crippen LogP contribution in [0.15, 0.2) is 59.0 Å². The first-order valence-electron chi connectivity index (χ1n) is 8.61. The van der Waals surface area contributed by atoms with E-state index in [1.54, 1.807) is 13.4 Å². The Bertz CT molecular complexity index is 967. The molecule has 1 aliphatic rings. The van der Waals surface area contributed by atoms with Crippen molar-refractivity contribution >= 4 is 45.4 Å². The van der Waals surface area contributed by atoms with Gasteiger partial charge in [-0.25, -0.2) is 4.99 Å². The van der Waals surface area contributed by atoms with E-state index in [1.165, 1.54) is 11.3 Å². The van der Waals surface area contributed by atoms with Crippen LogP contribution in [-0.4, -0.2) is 45.8 Å². The average molecular weight is 382 g/mol. The van der Waals surface area contributed by atoms with E-state index in [0.717, 1.165) is 45.6 Å². The normalized spacial score (nSPS) is 14.1. The zero-order valence-corrected chi connectivity index (χ0v) is 16.8. The summed E-state index contributed by atoms with van der Waals surface area (Å²) in [6.07, 6.45) is 11.4. The highest BCUT2D eigenvalue weighted by Gasteiger charge is 2.15. The van der Waals surface area contributed by atoms with Crippen LogP contribution < -0.4 is 4.90 Å². The second-order valence-electron chi connectivity index (χ2n) is 6.37. The molecule has 0 atom stereocenters. The predicted molar refractivity (Wildman–Crippen MR) is 114 cm³/mol. The monoisotopic (exact) mass is 381 g/mol. The number of aliphatic imine (C=N–C) groups is 1. The number of allylic oxidation sites excluding steroid dienone is 4. The maximum atomic E-state index is 11.6. The highest BCUT2D eigenvalue weighted by Crippen LogP contribution is 2.42. The lowest BCUT2D eigenvalue weighted by Gasteiger charge is -2.16. The number of methoxy groups -OCH3 is 1. The predicted octanol–water partition coefficient (Wildman–Crippen LogP) is 4.75. The first kappa shape index (κ1) is 18.9. The summed E-state index contributed by atoms with van der Waals surface area (Å²) in [4.78, 5) is 20.9. The summed E-state index contributed by atoms with van der Waals surface area (Å²) in [7, 11) is 7.60. The van der Waals surface area contributed by atoms with Gasteiger partial charge in [0.2, 0.25) is 0 Å². The SMILES string of the molecule is COC1=CC=C(N(C)C=Nc2c(C=O)sc3cccc(N(C)C)c23)CC=C1. The number of hydrogen-bond acceptors (Lipinski definition) is 5. The van der Waals surface area contributed by atoms with Crippen molar-refractivity contribution in [2.24, 2.45) is 4.99 Å². The molecule has 0 bridgehead atoms. The minimum Gasteiger partial charge on any atom is -0.497 e. The van der Waals surface area contributed by atoms with E-state index in [0.29, 0.717) is 4.88 Å². The number of fused-ring (bicyclic) bond motifs is 1. The van der Waals surface area contributed by atoms with Crippen LogP contribution in [0.4, 0.5) is 11.4 Å². The standard InChI is InChI=1S/C21H23N3O2S/c1-23(2)17-9-6-10-18-20(17)21(19(13-25)27-18)22-14-24(3)15-7-5-8-16(26-4)12-11-15/h5-6,8-14H,7H2,1-4H3. The van der Waals surface area contributed by atoms with E-state index in [1.807, 2.05) is 67.4 Å². The molecule has 1 heterocycles. The molecular formula is C21H23N3O2S. The highest BCUT2D eigenvalue weighted by atomic mass is 32.1. The number of nitrogens with zero attached hydrogens (tertiary/aromatic N) is 3. The number of ether oxygens (including phenoxy) is 1. The van der Waals surface area contributed by atoms with Gasteiger partial charge in [0.15, 0.2) is 6.29 Å². The molecule has 1 aromatic carbocycles. The molecule has 0 radical (unpaired) electrons. The molecular weight excluding hydrogens is 358 g/mol. The fourth-order valence-electron chi connectivity index (χ4n) is 2.93. The summed E-state index contributed by atoms with van der Waals surface area (Å²) in [6.45, 7) is 0. The molecule has 1 aromatic heterocycles. The molecule has 5 nitrogen and oxygen atoms in total. The van der Waals surface area contributed by atoms with Crippen molar-refractivity contribution in [3.05, 3.63) is 58.8 Å². The lowest BCUT2D eigenvalue weighted by atomic mass is 10.1. The number of thiophene rings is 1. The van der Waals surface area contributed by atoms with Gasteiger partial charge in [-0.3, -0.25) is 4.79 Å². The zero-order chi connectivity index (χ0) is 19.4. The molecule has 0 amide bonds. The number of carbonyl (C=O) groups is 1. The largest absolute Gasteiger partial charge is 0.497 e.